The Kier molecular flexibility index (Phi) is 5.95. The van der Waals surface area contributed by atoms with E-state index < -0.39 is 29.5 Å². The molecular weight excluding hydrogens is 553 g/mol. The summed E-state index contributed by atoms with van der Waals surface area (Å²) in [5, 5.41) is 0.336. The molecule has 40 heavy (non-hydrogen) atoms. The molecule has 0 fully saturated rings. The first kappa shape index (κ1) is 25.7. The van der Waals surface area contributed by atoms with Gasteiger partial charge in [0.15, 0.2) is 17.1 Å². The molecule has 0 aromatic heterocycles. The van der Waals surface area contributed by atoms with E-state index in [1.54, 1.807) is 54.6 Å². The second-order valence-electron chi connectivity index (χ2n) is 9.07. The average molecular weight is 569 g/mol. The summed E-state index contributed by atoms with van der Waals surface area (Å²) in [5.74, 6) is -3.43. The molecular formula is C29H16ClF3O7. The molecule has 4 aromatic rings. The average Bonchev–Trinajstić information content (AvgIpc) is 2.94. The number of fused-ring (bicyclic) bond motifs is 5. The van der Waals surface area contributed by atoms with Crippen molar-refractivity contribution in [1.29, 1.82) is 0 Å². The normalized spacial score (nSPS) is 17.6. The number of carbonyl (C=O) groups is 3. The van der Waals surface area contributed by atoms with Gasteiger partial charge in [0, 0.05) is 22.6 Å². The van der Waals surface area contributed by atoms with Gasteiger partial charge >= 0.3 is 18.1 Å². The molecule has 0 N–H and O–H groups in total. The molecule has 2 aliphatic heterocycles. The molecule has 1 unspecified atom stereocenters. The number of esters is 2. The van der Waals surface area contributed by atoms with Gasteiger partial charge < -0.3 is 18.9 Å². The van der Waals surface area contributed by atoms with Gasteiger partial charge in [-0.2, -0.15) is 13.2 Å². The van der Waals surface area contributed by atoms with Crippen LogP contribution >= 0.6 is 11.6 Å². The van der Waals surface area contributed by atoms with Crippen molar-refractivity contribution >= 4 is 40.8 Å². The van der Waals surface area contributed by atoms with Crippen LogP contribution in [0.1, 0.15) is 28.7 Å². The minimum atomic E-state index is -5.26. The third-order valence-corrected chi connectivity index (χ3v) is 7.16. The van der Waals surface area contributed by atoms with Crippen LogP contribution in [0.25, 0.3) is 10.8 Å². The number of halogens is 4. The Labute approximate surface area is 229 Å². The standard InChI is InChI=1S/C29H16ClF3O7/c30-24-25-15(10-11-22(35)40-25)12-19-26(24)38-21-13-20(39-27(36)29(31,32)33)17-8-4-5-9-18(17)23(21)28(19,37-14-34)16-6-2-1-3-7-16/h1-9,12-14H,10-11H2. The minimum Gasteiger partial charge on any atom is -0.455 e. The van der Waals surface area contributed by atoms with Crippen LogP contribution in [0.15, 0.2) is 66.7 Å². The molecule has 2 aliphatic rings. The molecule has 11 heteroatoms. The van der Waals surface area contributed by atoms with Gasteiger partial charge in [-0.25, -0.2) is 4.79 Å². The summed E-state index contributed by atoms with van der Waals surface area (Å²) >= 11 is 6.71. The summed E-state index contributed by atoms with van der Waals surface area (Å²) in [6.07, 6.45) is -4.86. The van der Waals surface area contributed by atoms with Crippen molar-refractivity contribution in [3.63, 3.8) is 0 Å². The lowest BCUT2D eigenvalue weighted by atomic mass is 9.75. The fraction of sp³-hybridized carbons (Fsp3) is 0.138. The Bertz CT molecular complexity index is 1720. The van der Waals surface area contributed by atoms with Crippen LogP contribution in [0.4, 0.5) is 13.2 Å². The quantitative estimate of drug-likeness (QED) is 0.160. The predicted molar refractivity (Wildman–Crippen MR) is 135 cm³/mol. The monoisotopic (exact) mass is 568 g/mol. The zero-order valence-corrected chi connectivity index (χ0v) is 21.0. The first-order chi connectivity index (χ1) is 19.1. The molecule has 6 rings (SSSR count). The van der Waals surface area contributed by atoms with Crippen LogP contribution in [-0.2, 0) is 31.1 Å². The number of hydrogen-bond acceptors (Lipinski definition) is 7. The summed E-state index contributed by atoms with van der Waals surface area (Å²) in [5.41, 5.74) is -0.0834. The number of aryl methyl sites for hydroxylation is 1. The minimum absolute atomic E-state index is 0.0447. The molecule has 202 valence electrons. The summed E-state index contributed by atoms with van der Waals surface area (Å²) < 4.78 is 61.7. The van der Waals surface area contributed by atoms with E-state index in [1.165, 1.54) is 6.07 Å². The Morgan fingerprint density at radius 3 is 2.35 bits per heavy atom. The first-order valence-corrected chi connectivity index (χ1v) is 12.3. The molecule has 7 nitrogen and oxygen atoms in total. The van der Waals surface area contributed by atoms with Gasteiger partial charge in [0.1, 0.15) is 16.5 Å². The lowest BCUT2D eigenvalue weighted by Gasteiger charge is -2.40. The first-order valence-electron chi connectivity index (χ1n) is 11.9. The SMILES string of the molecule is O=COC1(c2ccccc2)c2cc3c(c(Cl)c2Oc2cc(OC(=O)C(F)(F)F)c4ccccc4c21)OC(=O)CC3. The van der Waals surface area contributed by atoms with E-state index in [-0.39, 0.29) is 46.1 Å². The van der Waals surface area contributed by atoms with Gasteiger partial charge in [-0.3, -0.25) is 9.59 Å². The number of rotatable bonds is 4. The Balaban J connectivity index is 1.72. The second kappa shape index (κ2) is 9.27. The van der Waals surface area contributed by atoms with Crippen molar-refractivity contribution in [2.75, 3.05) is 0 Å². The zero-order chi connectivity index (χ0) is 28.2. The summed E-state index contributed by atoms with van der Waals surface area (Å²) in [6.45, 7) is 0.256. The van der Waals surface area contributed by atoms with Crippen molar-refractivity contribution < 1.29 is 46.5 Å². The second-order valence-corrected chi connectivity index (χ2v) is 9.45. The fourth-order valence-electron chi connectivity index (χ4n) is 5.21. The Morgan fingerprint density at radius 1 is 0.950 bits per heavy atom. The third-order valence-electron chi connectivity index (χ3n) is 6.82. The maximum absolute atomic E-state index is 13.1. The molecule has 0 spiro atoms. The Morgan fingerprint density at radius 2 is 1.65 bits per heavy atom. The number of carbonyl (C=O) groups excluding carboxylic acids is 3. The molecule has 0 saturated heterocycles. The maximum atomic E-state index is 13.1. The molecule has 0 bridgehead atoms. The lowest BCUT2D eigenvalue weighted by molar-refractivity contribution is -0.189. The topological polar surface area (TPSA) is 88.1 Å². The highest BCUT2D eigenvalue weighted by Crippen LogP contribution is 2.59. The largest absolute Gasteiger partial charge is 0.491 e. The third kappa shape index (κ3) is 3.86. The van der Waals surface area contributed by atoms with Crippen molar-refractivity contribution in [3.8, 4) is 23.0 Å². The van der Waals surface area contributed by atoms with E-state index in [9.17, 15) is 27.6 Å². The van der Waals surface area contributed by atoms with Crippen molar-refractivity contribution in [2.24, 2.45) is 0 Å². The van der Waals surface area contributed by atoms with Gasteiger partial charge in [0.2, 0.25) is 0 Å². The predicted octanol–water partition coefficient (Wildman–Crippen LogP) is 6.38. The highest BCUT2D eigenvalue weighted by molar-refractivity contribution is 6.34. The molecule has 0 amide bonds. The van der Waals surface area contributed by atoms with Gasteiger partial charge in [-0.1, -0.05) is 66.2 Å². The van der Waals surface area contributed by atoms with Crippen LogP contribution in [0.3, 0.4) is 0 Å². The van der Waals surface area contributed by atoms with E-state index in [1.807, 2.05) is 0 Å². The van der Waals surface area contributed by atoms with Gasteiger partial charge in [0.25, 0.3) is 6.47 Å². The van der Waals surface area contributed by atoms with Crippen molar-refractivity contribution in [2.45, 2.75) is 24.6 Å². The highest BCUT2D eigenvalue weighted by Gasteiger charge is 2.50. The fourth-order valence-corrected chi connectivity index (χ4v) is 5.51. The Hall–Kier alpha value is -4.57. The molecule has 2 heterocycles. The van der Waals surface area contributed by atoms with Gasteiger partial charge in [-0.05, 0) is 23.4 Å². The van der Waals surface area contributed by atoms with E-state index in [2.05, 4.69) is 0 Å². The summed E-state index contributed by atoms with van der Waals surface area (Å²) in [4.78, 5) is 36.0. The van der Waals surface area contributed by atoms with Crippen LogP contribution < -0.4 is 14.2 Å². The van der Waals surface area contributed by atoms with Crippen molar-refractivity contribution in [1.82, 2.24) is 0 Å². The van der Waals surface area contributed by atoms with E-state index in [0.717, 1.165) is 6.07 Å². The van der Waals surface area contributed by atoms with Crippen LogP contribution in [0.5, 0.6) is 23.0 Å². The molecule has 4 aromatic carbocycles. The zero-order valence-electron chi connectivity index (χ0n) is 20.2. The van der Waals surface area contributed by atoms with E-state index in [0.29, 0.717) is 28.5 Å². The molecule has 0 radical (unpaired) electrons. The number of alkyl halides is 3. The smallest absolute Gasteiger partial charge is 0.455 e. The molecule has 0 saturated carbocycles. The number of ether oxygens (including phenoxy) is 4. The van der Waals surface area contributed by atoms with Crippen molar-refractivity contribution in [3.05, 3.63) is 94.0 Å². The van der Waals surface area contributed by atoms with Gasteiger partial charge in [0.05, 0.1) is 12.0 Å². The lowest BCUT2D eigenvalue weighted by Crippen LogP contribution is -2.36. The maximum Gasteiger partial charge on any atom is 0.491 e. The molecule has 0 aliphatic carbocycles. The number of hydrogen-bond donors (Lipinski definition) is 0. The highest BCUT2D eigenvalue weighted by atomic mass is 35.5. The summed E-state index contributed by atoms with van der Waals surface area (Å²) in [6, 6.07) is 17.7. The van der Waals surface area contributed by atoms with Crippen LogP contribution in [0.2, 0.25) is 5.02 Å². The van der Waals surface area contributed by atoms with E-state index in [4.69, 9.17) is 30.5 Å². The van der Waals surface area contributed by atoms with Gasteiger partial charge in [-0.15, -0.1) is 0 Å². The van der Waals surface area contributed by atoms with Crippen LogP contribution in [-0.4, -0.2) is 24.6 Å². The van der Waals surface area contributed by atoms with Crippen LogP contribution in [0, 0.1) is 0 Å². The van der Waals surface area contributed by atoms with E-state index >= 15 is 0 Å². The number of benzene rings is 4. The molecule has 1 atom stereocenters. The summed E-state index contributed by atoms with van der Waals surface area (Å²) in [7, 11) is 0.